The lowest BCUT2D eigenvalue weighted by Crippen LogP contribution is -2.23. The molecule has 1 aromatic rings. The predicted octanol–water partition coefficient (Wildman–Crippen LogP) is 2.86. The molecular formula is C13H17F3N2O. The highest BCUT2D eigenvalue weighted by Gasteiger charge is 2.34. The third-order valence-electron chi connectivity index (χ3n) is 3.52. The average molecular weight is 274 g/mol. The molecule has 0 radical (unpaired) electrons. The van der Waals surface area contributed by atoms with E-state index in [2.05, 4.69) is 5.32 Å². The molecule has 2 unspecified atom stereocenters. The maximum atomic E-state index is 12.9. The molecule has 2 atom stereocenters. The van der Waals surface area contributed by atoms with Gasteiger partial charge in [-0.1, -0.05) is 6.42 Å². The van der Waals surface area contributed by atoms with Crippen LogP contribution in [0.2, 0.25) is 0 Å². The first-order chi connectivity index (χ1) is 8.88. The van der Waals surface area contributed by atoms with E-state index in [-0.39, 0.29) is 17.3 Å². The fraction of sp³-hybridized carbons (Fsp3) is 0.538. The van der Waals surface area contributed by atoms with Gasteiger partial charge < -0.3 is 16.2 Å². The Hall–Kier alpha value is -1.43. The summed E-state index contributed by atoms with van der Waals surface area (Å²) in [7, 11) is 0. The van der Waals surface area contributed by atoms with Crippen molar-refractivity contribution >= 4 is 11.4 Å². The van der Waals surface area contributed by atoms with Crippen molar-refractivity contribution in [2.24, 2.45) is 5.92 Å². The molecule has 2 rings (SSSR count). The van der Waals surface area contributed by atoms with Crippen LogP contribution in [0.1, 0.15) is 24.8 Å². The molecule has 0 spiro atoms. The summed E-state index contributed by atoms with van der Waals surface area (Å²) in [5, 5.41) is 12.4. The molecule has 0 heterocycles. The minimum absolute atomic E-state index is 0.0126. The van der Waals surface area contributed by atoms with Crippen LogP contribution in [-0.2, 0) is 6.18 Å². The number of anilines is 2. The van der Waals surface area contributed by atoms with Gasteiger partial charge in [-0.05, 0) is 31.0 Å². The number of nitrogen functional groups attached to an aromatic ring is 1. The van der Waals surface area contributed by atoms with Gasteiger partial charge in [0.05, 0.1) is 11.7 Å². The highest BCUT2D eigenvalue weighted by atomic mass is 19.4. The molecule has 0 bridgehead atoms. The first-order valence-corrected chi connectivity index (χ1v) is 6.26. The highest BCUT2D eigenvalue weighted by molar-refractivity contribution is 5.59. The third-order valence-corrected chi connectivity index (χ3v) is 3.52. The molecule has 1 fully saturated rings. The Balaban J connectivity index is 2.11. The minimum Gasteiger partial charge on any atom is -0.399 e. The van der Waals surface area contributed by atoms with E-state index in [1.807, 2.05) is 0 Å². The Kier molecular flexibility index (Phi) is 3.89. The monoisotopic (exact) mass is 274 g/mol. The smallest absolute Gasteiger partial charge is 0.399 e. The maximum absolute atomic E-state index is 12.9. The van der Waals surface area contributed by atoms with Crippen LogP contribution in [-0.4, -0.2) is 17.8 Å². The fourth-order valence-electron chi connectivity index (χ4n) is 2.45. The van der Waals surface area contributed by atoms with Gasteiger partial charge in [-0.15, -0.1) is 0 Å². The van der Waals surface area contributed by atoms with Gasteiger partial charge in [0.1, 0.15) is 0 Å². The third kappa shape index (κ3) is 3.32. The summed E-state index contributed by atoms with van der Waals surface area (Å²) in [4.78, 5) is 0. The molecule has 106 valence electrons. The van der Waals surface area contributed by atoms with Crippen molar-refractivity contribution in [3.8, 4) is 0 Å². The molecule has 0 saturated heterocycles. The van der Waals surface area contributed by atoms with Crippen molar-refractivity contribution in [3.63, 3.8) is 0 Å². The molecule has 3 nitrogen and oxygen atoms in total. The molecule has 1 aromatic carbocycles. The zero-order chi connectivity index (χ0) is 14.0. The fourth-order valence-corrected chi connectivity index (χ4v) is 2.45. The number of hydrogen-bond donors (Lipinski definition) is 3. The summed E-state index contributed by atoms with van der Waals surface area (Å²) in [6, 6.07) is 3.69. The van der Waals surface area contributed by atoms with Crippen LogP contribution >= 0.6 is 0 Å². The predicted molar refractivity (Wildman–Crippen MR) is 67.7 cm³/mol. The van der Waals surface area contributed by atoms with Crippen LogP contribution in [0, 0.1) is 5.92 Å². The van der Waals surface area contributed by atoms with E-state index in [4.69, 9.17) is 5.73 Å². The van der Waals surface area contributed by atoms with Crippen LogP contribution in [0.4, 0.5) is 24.5 Å². The molecule has 6 heteroatoms. The lowest BCUT2D eigenvalue weighted by Gasteiger charge is -2.19. The van der Waals surface area contributed by atoms with Gasteiger partial charge in [0.2, 0.25) is 0 Å². The van der Waals surface area contributed by atoms with Gasteiger partial charge in [0, 0.05) is 23.8 Å². The largest absolute Gasteiger partial charge is 0.418 e. The second-order valence-electron chi connectivity index (χ2n) is 4.94. The van der Waals surface area contributed by atoms with Crippen LogP contribution in [0.15, 0.2) is 18.2 Å². The van der Waals surface area contributed by atoms with Gasteiger partial charge in [-0.25, -0.2) is 0 Å². The van der Waals surface area contributed by atoms with Gasteiger partial charge in [-0.3, -0.25) is 0 Å². The van der Waals surface area contributed by atoms with Crippen molar-refractivity contribution in [3.05, 3.63) is 23.8 Å². The zero-order valence-corrected chi connectivity index (χ0v) is 10.4. The first kappa shape index (κ1) is 14.0. The molecule has 0 amide bonds. The lowest BCUT2D eigenvalue weighted by atomic mass is 10.1. The Morgan fingerprint density at radius 1 is 1.32 bits per heavy atom. The summed E-state index contributed by atoms with van der Waals surface area (Å²) in [6.45, 7) is 0.341. The number of hydrogen-bond acceptors (Lipinski definition) is 3. The van der Waals surface area contributed by atoms with Crippen LogP contribution in [0.25, 0.3) is 0 Å². The van der Waals surface area contributed by atoms with Gasteiger partial charge >= 0.3 is 6.18 Å². The molecule has 19 heavy (non-hydrogen) atoms. The molecule has 4 N–H and O–H groups in total. The van der Waals surface area contributed by atoms with Crippen molar-refractivity contribution in [2.75, 3.05) is 17.6 Å². The van der Waals surface area contributed by atoms with Crippen LogP contribution in [0.5, 0.6) is 0 Å². The van der Waals surface area contributed by atoms with E-state index >= 15 is 0 Å². The van der Waals surface area contributed by atoms with E-state index in [1.165, 1.54) is 12.1 Å². The topological polar surface area (TPSA) is 58.3 Å². The first-order valence-electron chi connectivity index (χ1n) is 6.26. The molecule has 1 saturated carbocycles. The van der Waals surface area contributed by atoms with Gasteiger partial charge in [0.15, 0.2) is 0 Å². The Labute approximate surface area is 109 Å². The van der Waals surface area contributed by atoms with Crippen LogP contribution < -0.4 is 11.1 Å². The van der Waals surface area contributed by atoms with Crippen molar-refractivity contribution < 1.29 is 18.3 Å². The lowest BCUT2D eigenvalue weighted by molar-refractivity contribution is -0.136. The number of alkyl halides is 3. The van der Waals surface area contributed by atoms with Crippen molar-refractivity contribution in [1.82, 2.24) is 0 Å². The average Bonchev–Trinajstić information content (AvgIpc) is 2.72. The quantitative estimate of drug-likeness (QED) is 0.743. The normalized spacial score (nSPS) is 23.6. The zero-order valence-electron chi connectivity index (χ0n) is 10.4. The Morgan fingerprint density at radius 3 is 2.63 bits per heavy atom. The SMILES string of the molecule is Nc1ccc(NCC2CCCC2O)c(C(F)(F)F)c1. The Bertz CT molecular complexity index is 448. The summed E-state index contributed by atoms with van der Waals surface area (Å²) in [6.07, 6.45) is -2.38. The molecule has 0 aliphatic heterocycles. The summed E-state index contributed by atoms with van der Waals surface area (Å²) < 4.78 is 38.6. The number of nitrogens with two attached hydrogens (primary N) is 1. The highest BCUT2D eigenvalue weighted by Crippen LogP contribution is 2.36. The van der Waals surface area contributed by atoms with Crippen LogP contribution in [0.3, 0.4) is 0 Å². The minimum atomic E-state index is -4.44. The molecular weight excluding hydrogens is 257 g/mol. The second-order valence-corrected chi connectivity index (χ2v) is 4.94. The number of aliphatic hydroxyl groups is 1. The number of benzene rings is 1. The summed E-state index contributed by atoms with van der Waals surface area (Å²) in [5.41, 5.74) is 4.73. The van der Waals surface area contributed by atoms with Crippen molar-refractivity contribution in [2.45, 2.75) is 31.5 Å². The van der Waals surface area contributed by atoms with Gasteiger partial charge in [0.25, 0.3) is 0 Å². The van der Waals surface area contributed by atoms with Crippen molar-refractivity contribution in [1.29, 1.82) is 0 Å². The molecule has 1 aliphatic carbocycles. The van der Waals surface area contributed by atoms with E-state index in [0.717, 1.165) is 25.3 Å². The summed E-state index contributed by atoms with van der Waals surface area (Å²) in [5.74, 6) is 0.0126. The number of halogens is 3. The second kappa shape index (κ2) is 5.28. The number of aliphatic hydroxyl groups excluding tert-OH is 1. The van der Waals surface area contributed by atoms with E-state index in [1.54, 1.807) is 0 Å². The van der Waals surface area contributed by atoms with E-state index < -0.39 is 17.8 Å². The standard InChI is InChI=1S/C13H17F3N2O/c14-13(15,16)10-6-9(17)4-5-11(10)18-7-8-2-1-3-12(8)19/h4-6,8,12,18-19H,1-3,7,17H2. The Morgan fingerprint density at radius 2 is 2.05 bits per heavy atom. The van der Waals surface area contributed by atoms with Gasteiger partial charge in [-0.2, -0.15) is 13.2 Å². The molecule has 1 aliphatic rings. The van der Waals surface area contributed by atoms with E-state index in [0.29, 0.717) is 6.54 Å². The number of nitrogens with one attached hydrogen (secondary N) is 1. The number of rotatable bonds is 3. The van der Waals surface area contributed by atoms with E-state index in [9.17, 15) is 18.3 Å². The molecule has 0 aromatic heterocycles. The maximum Gasteiger partial charge on any atom is 0.418 e. The summed E-state index contributed by atoms with van der Waals surface area (Å²) >= 11 is 0.